The standard InChI is InChI=1S/C28H42N2O2/c1-17-14-29-30(15-17)16-25(31)24-12-23(18-4-5-18)26-22-7-6-19-13-27(2,32)10-8-20(19)21(22)9-11-28(24,26)3/h14-15,18-24,26,32H,4-13,16H2,1-3H3/t19-,20+,21-,22-,23+,24-,26-,27-,28-/m1/s1. The van der Waals surface area contributed by atoms with Crippen molar-refractivity contribution >= 4 is 5.78 Å². The summed E-state index contributed by atoms with van der Waals surface area (Å²) in [7, 11) is 0. The highest BCUT2D eigenvalue weighted by molar-refractivity contribution is 5.82. The number of carbonyl (C=O) groups excluding carboxylic acids is 1. The quantitative estimate of drug-likeness (QED) is 0.683. The lowest BCUT2D eigenvalue weighted by atomic mass is 9.48. The van der Waals surface area contributed by atoms with Gasteiger partial charge in [0, 0.05) is 12.1 Å². The highest BCUT2D eigenvalue weighted by atomic mass is 16.3. The van der Waals surface area contributed by atoms with E-state index in [1.165, 1.54) is 44.9 Å². The summed E-state index contributed by atoms with van der Waals surface area (Å²) >= 11 is 0. The Labute approximate surface area is 193 Å². The lowest BCUT2D eigenvalue weighted by Gasteiger charge is -2.57. The molecule has 6 rings (SSSR count). The molecule has 0 aliphatic heterocycles. The van der Waals surface area contributed by atoms with E-state index in [0.717, 1.165) is 66.3 Å². The van der Waals surface area contributed by atoms with E-state index < -0.39 is 5.60 Å². The number of aryl methyl sites for hydroxylation is 1. The molecule has 0 radical (unpaired) electrons. The van der Waals surface area contributed by atoms with Gasteiger partial charge in [-0.2, -0.15) is 5.10 Å². The number of fused-ring (bicyclic) bond motifs is 5. The summed E-state index contributed by atoms with van der Waals surface area (Å²) in [4.78, 5) is 13.6. The van der Waals surface area contributed by atoms with Crippen molar-refractivity contribution in [2.24, 2.45) is 52.8 Å². The van der Waals surface area contributed by atoms with E-state index in [-0.39, 0.29) is 11.3 Å². The second kappa shape index (κ2) is 7.42. The number of hydrogen-bond acceptors (Lipinski definition) is 3. The number of Topliss-reactive ketones (excluding diaryl/α,β-unsaturated/α-hetero) is 1. The zero-order valence-corrected chi connectivity index (χ0v) is 20.3. The van der Waals surface area contributed by atoms with Crippen LogP contribution in [0.2, 0.25) is 0 Å². The van der Waals surface area contributed by atoms with Gasteiger partial charge in [-0.25, -0.2) is 0 Å². The first-order valence-electron chi connectivity index (χ1n) is 13.5. The highest BCUT2D eigenvalue weighted by Gasteiger charge is 2.63. The van der Waals surface area contributed by atoms with Gasteiger partial charge in [-0.1, -0.05) is 6.92 Å². The molecule has 1 aromatic heterocycles. The molecular weight excluding hydrogens is 396 g/mol. The first-order valence-corrected chi connectivity index (χ1v) is 13.5. The second-order valence-corrected chi connectivity index (χ2v) is 13.1. The lowest BCUT2D eigenvalue weighted by Crippen LogP contribution is -2.52. The van der Waals surface area contributed by atoms with E-state index in [1.54, 1.807) is 0 Å². The molecule has 1 N–H and O–H groups in total. The average Bonchev–Trinajstić information content (AvgIpc) is 3.42. The predicted octanol–water partition coefficient (Wildman–Crippen LogP) is 5.42. The van der Waals surface area contributed by atoms with Crippen LogP contribution in [0.25, 0.3) is 0 Å². The zero-order chi connectivity index (χ0) is 22.3. The van der Waals surface area contributed by atoms with Crippen LogP contribution in [0.15, 0.2) is 12.4 Å². The number of carbonyl (C=O) groups is 1. The molecule has 1 aromatic rings. The fourth-order valence-corrected chi connectivity index (χ4v) is 9.59. The number of ketones is 1. The third kappa shape index (κ3) is 3.42. The minimum atomic E-state index is -0.441. The number of aliphatic hydroxyl groups is 1. The van der Waals surface area contributed by atoms with Crippen LogP contribution in [0, 0.1) is 59.7 Å². The number of nitrogens with zero attached hydrogens (tertiary/aromatic N) is 2. The molecule has 5 aliphatic rings. The van der Waals surface area contributed by atoms with Crippen LogP contribution < -0.4 is 0 Å². The molecule has 0 spiro atoms. The molecule has 5 fully saturated rings. The molecule has 5 aliphatic carbocycles. The fraction of sp³-hybridized carbons (Fsp3) is 0.857. The van der Waals surface area contributed by atoms with Crippen LogP contribution in [-0.4, -0.2) is 26.3 Å². The van der Waals surface area contributed by atoms with Crippen molar-refractivity contribution in [3.8, 4) is 0 Å². The Morgan fingerprint density at radius 2 is 1.78 bits per heavy atom. The van der Waals surface area contributed by atoms with Crippen molar-refractivity contribution in [1.29, 1.82) is 0 Å². The summed E-state index contributed by atoms with van der Waals surface area (Å²) in [5, 5.41) is 15.1. The normalized spacial score (nSPS) is 48.1. The van der Waals surface area contributed by atoms with E-state index in [4.69, 9.17) is 0 Å². The molecule has 5 saturated carbocycles. The van der Waals surface area contributed by atoms with Gasteiger partial charge in [0.15, 0.2) is 5.78 Å². The first kappa shape index (κ1) is 21.4. The maximum atomic E-state index is 13.6. The average molecular weight is 439 g/mol. The molecule has 0 amide bonds. The SMILES string of the molecule is Cc1cnn(CC(=O)[C@H]2C[C@@H](C3CC3)[C@H]3[C@@H]4CC[C@@H]5C[C@](C)(O)CC[C@@H]5[C@H]4CC[C@@]32C)c1. The van der Waals surface area contributed by atoms with Gasteiger partial charge >= 0.3 is 0 Å². The van der Waals surface area contributed by atoms with E-state index in [1.807, 2.05) is 24.0 Å². The Kier molecular flexibility index (Phi) is 4.96. The predicted molar refractivity (Wildman–Crippen MR) is 125 cm³/mol. The van der Waals surface area contributed by atoms with Crippen molar-refractivity contribution in [2.75, 3.05) is 0 Å². The Hall–Kier alpha value is -1.16. The smallest absolute Gasteiger partial charge is 0.157 e. The van der Waals surface area contributed by atoms with Crippen molar-refractivity contribution in [2.45, 2.75) is 97.1 Å². The Morgan fingerprint density at radius 1 is 1.03 bits per heavy atom. The zero-order valence-electron chi connectivity index (χ0n) is 20.3. The minimum absolute atomic E-state index is 0.181. The summed E-state index contributed by atoms with van der Waals surface area (Å²) < 4.78 is 1.87. The van der Waals surface area contributed by atoms with Gasteiger partial charge in [0.1, 0.15) is 0 Å². The molecule has 9 atom stereocenters. The van der Waals surface area contributed by atoms with Gasteiger partial charge in [-0.05, 0) is 130 Å². The molecule has 0 bridgehead atoms. The fourth-order valence-electron chi connectivity index (χ4n) is 9.59. The van der Waals surface area contributed by atoms with Gasteiger partial charge in [0.25, 0.3) is 0 Å². The van der Waals surface area contributed by atoms with Gasteiger partial charge in [0.2, 0.25) is 0 Å². The van der Waals surface area contributed by atoms with Crippen LogP contribution >= 0.6 is 0 Å². The van der Waals surface area contributed by atoms with Crippen LogP contribution in [0.5, 0.6) is 0 Å². The van der Waals surface area contributed by atoms with Crippen LogP contribution in [0.4, 0.5) is 0 Å². The molecule has 0 saturated heterocycles. The second-order valence-electron chi connectivity index (χ2n) is 13.1. The van der Waals surface area contributed by atoms with Gasteiger partial charge in [-0.15, -0.1) is 0 Å². The Balaban J connectivity index is 1.26. The molecule has 1 heterocycles. The van der Waals surface area contributed by atoms with E-state index in [0.29, 0.717) is 12.3 Å². The molecular formula is C28H42N2O2. The summed E-state index contributed by atoms with van der Waals surface area (Å²) in [5.74, 6) is 6.24. The molecule has 0 aromatic carbocycles. The molecule has 4 heteroatoms. The van der Waals surface area contributed by atoms with Crippen molar-refractivity contribution in [1.82, 2.24) is 9.78 Å². The van der Waals surface area contributed by atoms with E-state index >= 15 is 0 Å². The number of aromatic nitrogens is 2. The number of hydrogen-bond donors (Lipinski definition) is 1. The highest BCUT2D eigenvalue weighted by Crippen LogP contribution is 2.69. The molecule has 0 unspecified atom stereocenters. The Morgan fingerprint density at radius 3 is 2.50 bits per heavy atom. The summed E-state index contributed by atoms with van der Waals surface area (Å²) in [6, 6.07) is 0. The maximum Gasteiger partial charge on any atom is 0.157 e. The third-order valence-electron chi connectivity index (χ3n) is 11.0. The summed E-state index contributed by atoms with van der Waals surface area (Å²) in [5.41, 5.74) is 0.873. The topological polar surface area (TPSA) is 55.1 Å². The number of rotatable bonds is 4. The molecule has 4 nitrogen and oxygen atoms in total. The van der Waals surface area contributed by atoms with Crippen LogP contribution in [-0.2, 0) is 11.3 Å². The first-order chi connectivity index (χ1) is 15.2. The molecule has 32 heavy (non-hydrogen) atoms. The van der Waals surface area contributed by atoms with Crippen molar-refractivity contribution in [3.63, 3.8) is 0 Å². The summed E-state index contributed by atoms with van der Waals surface area (Å²) in [6.45, 7) is 7.06. The molecule has 176 valence electrons. The largest absolute Gasteiger partial charge is 0.390 e. The third-order valence-corrected chi connectivity index (χ3v) is 11.0. The summed E-state index contributed by atoms with van der Waals surface area (Å²) in [6.07, 6.45) is 16.2. The van der Waals surface area contributed by atoms with Gasteiger partial charge < -0.3 is 5.11 Å². The van der Waals surface area contributed by atoms with Crippen molar-refractivity contribution in [3.05, 3.63) is 18.0 Å². The van der Waals surface area contributed by atoms with Crippen LogP contribution in [0.1, 0.15) is 83.6 Å². The monoisotopic (exact) mass is 438 g/mol. The van der Waals surface area contributed by atoms with Crippen LogP contribution in [0.3, 0.4) is 0 Å². The van der Waals surface area contributed by atoms with Gasteiger partial charge in [-0.3, -0.25) is 9.48 Å². The Bertz CT molecular complexity index is 886. The van der Waals surface area contributed by atoms with Crippen molar-refractivity contribution < 1.29 is 9.90 Å². The minimum Gasteiger partial charge on any atom is -0.390 e. The lowest BCUT2D eigenvalue weighted by molar-refractivity contribution is -0.134. The van der Waals surface area contributed by atoms with Gasteiger partial charge in [0.05, 0.1) is 18.3 Å². The van der Waals surface area contributed by atoms with E-state index in [2.05, 4.69) is 18.9 Å². The van der Waals surface area contributed by atoms with E-state index in [9.17, 15) is 9.90 Å². The maximum absolute atomic E-state index is 13.6.